The van der Waals surface area contributed by atoms with Crippen molar-refractivity contribution in [3.8, 4) is 0 Å². The highest BCUT2D eigenvalue weighted by Gasteiger charge is 2.19. The molecular formula is C25H50O2Si. The standard InChI is InChI=1S/C25H50O2Si/c1-5-6-7-8-9-10-11-12-13-14-15-16-17-18-19-20-21-22-23-24-25(26)27-28(2,3)4/h12-13H,5-11,14-24H2,1-4H3/b13-12-. The summed E-state index contributed by atoms with van der Waals surface area (Å²) in [7, 11) is -1.69. The van der Waals surface area contributed by atoms with Crippen molar-refractivity contribution < 1.29 is 9.22 Å². The monoisotopic (exact) mass is 410 g/mol. The molecule has 0 rings (SSSR count). The fourth-order valence-electron chi connectivity index (χ4n) is 3.44. The van der Waals surface area contributed by atoms with Gasteiger partial charge in [-0.2, -0.15) is 0 Å². The van der Waals surface area contributed by atoms with Gasteiger partial charge in [-0.3, -0.25) is 4.79 Å². The third kappa shape index (κ3) is 23.5. The number of rotatable bonds is 20. The minimum absolute atomic E-state index is 0.0141. The van der Waals surface area contributed by atoms with E-state index in [1.807, 2.05) is 0 Å². The van der Waals surface area contributed by atoms with Crippen LogP contribution in [-0.4, -0.2) is 14.3 Å². The Morgan fingerprint density at radius 1 is 0.643 bits per heavy atom. The second-order valence-corrected chi connectivity index (χ2v) is 13.8. The van der Waals surface area contributed by atoms with E-state index in [-0.39, 0.29) is 5.97 Å². The zero-order chi connectivity index (χ0) is 20.9. The predicted molar refractivity (Wildman–Crippen MR) is 127 cm³/mol. The van der Waals surface area contributed by atoms with Gasteiger partial charge in [-0.15, -0.1) is 0 Å². The van der Waals surface area contributed by atoms with Crippen LogP contribution in [0.5, 0.6) is 0 Å². The molecule has 2 nitrogen and oxygen atoms in total. The van der Waals surface area contributed by atoms with Crippen molar-refractivity contribution in [2.75, 3.05) is 0 Å². The topological polar surface area (TPSA) is 26.3 Å². The van der Waals surface area contributed by atoms with E-state index in [1.165, 1.54) is 103 Å². The molecule has 28 heavy (non-hydrogen) atoms. The van der Waals surface area contributed by atoms with E-state index in [4.69, 9.17) is 4.43 Å². The minimum atomic E-state index is -1.69. The highest BCUT2D eigenvalue weighted by molar-refractivity contribution is 6.71. The lowest BCUT2D eigenvalue weighted by Crippen LogP contribution is -2.28. The first kappa shape index (κ1) is 27.4. The SMILES string of the molecule is CCCCCCCC/C=C\CCCCCCCCCCCC(=O)O[Si](C)(C)C. The van der Waals surface area contributed by atoms with Crippen molar-refractivity contribution in [3.63, 3.8) is 0 Å². The first-order valence-corrected chi connectivity index (χ1v) is 15.7. The summed E-state index contributed by atoms with van der Waals surface area (Å²) >= 11 is 0. The van der Waals surface area contributed by atoms with E-state index in [1.54, 1.807) is 0 Å². The number of hydrogen-bond acceptors (Lipinski definition) is 2. The number of carbonyl (C=O) groups excluding carboxylic acids is 1. The summed E-state index contributed by atoms with van der Waals surface area (Å²) in [6.45, 7) is 8.48. The number of carbonyl (C=O) groups is 1. The third-order valence-corrected chi connectivity index (χ3v) is 5.90. The molecule has 0 bridgehead atoms. The molecule has 0 N–H and O–H groups in total. The number of hydrogen-bond donors (Lipinski definition) is 0. The summed E-state index contributed by atoms with van der Waals surface area (Å²) in [6, 6.07) is 0. The molecule has 166 valence electrons. The van der Waals surface area contributed by atoms with Crippen LogP contribution in [0.15, 0.2) is 12.2 Å². The van der Waals surface area contributed by atoms with Gasteiger partial charge in [-0.25, -0.2) is 0 Å². The molecule has 0 radical (unpaired) electrons. The molecule has 0 atom stereocenters. The second-order valence-electron chi connectivity index (χ2n) is 9.33. The van der Waals surface area contributed by atoms with Crippen molar-refractivity contribution in [2.24, 2.45) is 0 Å². The smallest absolute Gasteiger partial charge is 0.292 e. The maximum Gasteiger partial charge on any atom is 0.292 e. The highest BCUT2D eigenvalue weighted by Crippen LogP contribution is 2.13. The number of unbranched alkanes of at least 4 members (excludes halogenated alkanes) is 15. The lowest BCUT2D eigenvalue weighted by atomic mass is 10.1. The predicted octanol–water partition coefficient (Wildman–Crippen LogP) is 8.96. The van der Waals surface area contributed by atoms with Gasteiger partial charge in [0.05, 0.1) is 0 Å². The van der Waals surface area contributed by atoms with E-state index in [9.17, 15) is 4.79 Å². The van der Waals surface area contributed by atoms with Gasteiger partial charge >= 0.3 is 0 Å². The number of allylic oxidation sites excluding steroid dienone is 2. The third-order valence-electron chi connectivity index (χ3n) is 5.06. The lowest BCUT2D eigenvalue weighted by molar-refractivity contribution is -0.135. The molecule has 0 aromatic carbocycles. The van der Waals surface area contributed by atoms with Gasteiger partial charge in [0.15, 0.2) is 0 Å². The van der Waals surface area contributed by atoms with Gasteiger partial charge in [-0.05, 0) is 51.7 Å². The molecule has 0 saturated carbocycles. The molecule has 0 aromatic rings. The minimum Gasteiger partial charge on any atom is -0.520 e. The maximum absolute atomic E-state index is 11.6. The van der Waals surface area contributed by atoms with Crippen LogP contribution in [-0.2, 0) is 9.22 Å². The van der Waals surface area contributed by atoms with Crippen LogP contribution in [0.2, 0.25) is 19.6 Å². The van der Waals surface area contributed by atoms with Crippen LogP contribution in [0.3, 0.4) is 0 Å². The molecule has 0 aromatic heterocycles. The fraction of sp³-hybridized carbons (Fsp3) is 0.880. The summed E-state index contributed by atoms with van der Waals surface area (Å²) in [4.78, 5) is 11.6. The van der Waals surface area contributed by atoms with E-state index >= 15 is 0 Å². The molecule has 0 spiro atoms. The van der Waals surface area contributed by atoms with Crippen LogP contribution in [0.25, 0.3) is 0 Å². The van der Waals surface area contributed by atoms with Crippen LogP contribution >= 0.6 is 0 Å². The molecule has 0 heterocycles. The van der Waals surface area contributed by atoms with E-state index in [0.717, 1.165) is 6.42 Å². The van der Waals surface area contributed by atoms with Gasteiger partial charge in [0.2, 0.25) is 8.32 Å². The lowest BCUT2D eigenvalue weighted by Gasteiger charge is -2.17. The van der Waals surface area contributed by atoms with Crippen LogP contribution < -0.4 is 0 Å². The second kappa shape index (κ2) is 19.7. The van der Waals surface area contributed by atoms with Crippen molar-refractivity contribution in [2.45, 2.75) is 142 Å². The van der Waals surface area contributed by atoms with Crippen molar-refractivity contribution in [1.29, 1.82) is 0 Å². The Labute approximate surface area is 178 Å². The van der Waals surface area contributed by atoms with Gasteiger partial charge in [-0.1, -0.05) is 96.1 Å². The summed E-state index contributed by atoms with van der Waals surface area (Å²) in [6.07, 6.45) is 27.9. The van der Waals surface area contributed by atoms with Crippen LogP contribution in [0, 0.1) is 0 Å². The first-order valence-electron chi connectivity index (χ1n) is 12.3. The quantitative estimate of drug-likeness (QED) is 0.114. The molecule has 0 saturated heterocycles. The van der Waals surface area contributed by atoms with Crippen LogP contribution in [0.4, 0.5) is 0 Å². The zero-order valence-corrected chi connectivity index (χ0v) is 20.7. The molecule has 0 aliphatic rings. The Hall–Kier alpha value is -0.573. The van der Waals surface area contributed by atoms with Gasteiger partial charge < -0.3 is 4.43 Å². The van der Waals surface area contributed by atoms with Crippen molar-refractivity contribution in [1.82, 2.24) is 0 Å². The van der Waals surface area contributed by atoms with E-state index < -0.39 is 8.32 Å². The Morgan fingerprint density at radius 3 is 1.46 bits per heavy atom. The first-order chi connectivity index (χ1) is 13.5. The summed E-state index contributed by atoms with van der Waals surface area (Å²) in [5.41, 5.74) is 0. The maximum atomic E-state index is 11.6. The van der Waals surface area contributed by atoms with Gasteiger partial charge in [0.25, 0.3) is 5.97 Å². The average molecular weight is 411 g/mol. The Bertz CT molecular complexity index is 371. The molecule has 0 amide bonds. The molecule has 0 fully saturated rings. The highest BCUT2D eigenvalue weighted by atomic mass is 28.4. The zero-order valence-electron chi connectivity index (χ0n) is 19.7. The average Bonchev–Trinajstić information content (AvgIpc) is 2.62. The van der Waals surface area contributed by atoms with E-state index in [2.05, 4.69) is 38.7 Å². The Morgan fingerprint density at radius 2 is 1.04 bits per heavy atom. The van der Waals surface area contributed by atoms with Gasteiger partial charge in [0, 0.05) is 6.42 Å². The molecule has 0 aliphatic heterocycles. The Balaban J connectivity index is 3.19. The molecule has 0 unspecified atom stereocenters. The summed E-state index contributed by atoms with van der Waals surface area (Å²) in [5, 5.41) is 0. The summed E-state index contributed by atoms with van der Waals surface area (Å²) < 4.78 is 5.47. The largest absolute Gasteiger partial charge is 0.520 e. The fourth-order valence-corrected chi connectivity index (χ4v) is 4.22. The van der Waals surface area contributed by atoms with Gasteiger partial charge in [0.1, 0.15) is 0 Å². The van der Waals surface area contributed by atoms with Crippen LogP contribution in [0.1, 0.15) is 122 Å². The van der Waals surface area contributed by atoms with E-state index in [0.29, 0.717) is 6.42 Å². The van der Waals surface area contributed by atoms with Crippen molar-refractivity contribution >= 4 is 14.3 Å². The molecule has 3 heteroatoms. The normalized spacial score (nSPS) is 12.0. The molecule has 0 aliphatic carbocycles. The van der Waals surface area contributed by atoms with Crippen molar-refractivity contribution in [3.05, 3.63) is 12.2 Å². The molecular weight excluding hydrogens is 360 g/mol. The Kier molecular flexibility index (Phi) is 19.3. The summed E-state index contributed by atoms with van der Waals surface area (Å²) in [5.74, 6) is 0.0141.